The average Bonchev–Trinajstić information content (AvgIpc) is 3.04. The molecular formula is C22H21ClN2O6. The fourth-order valence-corrected chi connectivity index (χ4v) is 5.44. The number of ether oxygens (including phenoxy) is 2. The van der Waals surface area contributed by atoms with Gasteiger partial charge in [-0.2, -0.15) is 0 Å². The van der Waals surface area contributed by atoms with Crippen LogP contribution in [0.4, 0.5) is 5.69 Å². The van der Waals surface area contributed by atoms with Gasteiger partial charge < -0.3 is 24.4 Å². The van der Waals surface area contributed by atoms with Crippen LogP contribution in [0.15, 0.2) is 48.6 Å². The Morgan fingerprint density at radius 1 is 1.16 bits per heavy atom. The molecule has 1 N–H and O–H groups in total. The highest BCUT2D eigenvalue weighted by molar-refractivity contribution is 6.34. The lowest BCUT2D eigenvalue weighted by molar-refractivity contribution is -0.152. The predicted octanol–water partition coefficient (Wildman–Crippen LogP) is 0.929. The van der Waals surface area contributed by atoms with Gasteiger partial charge in [0.1, 0.15) is 24.2 Å². The molecule has 0 aromatic heterocycles. The SMILES string of the molecule is O=C1OCC=C[C@@H]2O[C@]34C=CCN(c5ccccc5Cl)C(=O)C3N(CCO)C(=O)[C@@H]4[C@H]12. The van der Waals surface area contributed by atoms with Gasteiger partial charge in [0.2, 0.25) is 5.91 Å². The second kappa shape index (κ2) is 7.47. The lowest BCUT2D eigenvalue weighted by atomic mass is 9.78. The van der Waals surface area contributed by atoms with E-state index in [-0.39, 0.29) is 32.2 Å². The summed E-state index contributed by atoms with van der Waals surface area (Å²) in [6.07, 6.45) is 6.22. The number of rotatable bonds is 3. The molecule has 0 radical (unpaired) electrons. The van der Waals surface area contributed by atoms with E-state index in [0.29, 0.717) is 10.7 Å². The molecule has 1 aromatic carbocycles. The molecule has 1 unspecified atom stereocenters. The van der Waals surface area contributed by atoms with Crippen LogP contribution in [0, 0.1) is 11.8 Å². The fourth-order valence-electron chi connectivity index (χ4n) is 5.20. The summed E-state index contributed by atoms with van der Waals surface area (Å²) in [7, 11) is 0. The van der Waals surface area contributed by atoms with Gasteiger partial charge in [0.15, 0.2) is 0 Å². The second-order valence-corrected chi connectivity index (χ2v) is 8.37. The normalized spacial score (nSPS) is 34.2. The first-order valence-corrected chi connectivity index (χ1v) is 10.5. The number of carbonyl (C=O) groups excluding carboxylic acids is 3. The first kappa shape index (κ1) is 20.2. The monoisotopic (exact) mass is 444 g/mol. The zero-order chi connectivity index (χ0) is 21.8. The molecule has 9 heteroatoms. The maximum Gasteiger partial charge on any atom is 0.313 e. The summed E-state index contributed by atoms with van der Waals surface area (Å²) < 4.78 is 11.6. The van der Waals surface area contributed by atoms with E-state index in [9.17, 15) is 19.5 Å². The largest absolute Gasteiger partial charge is 0.461 e. The molecule has 4 aliphatic rings. The van der Waals surface area contributed by atoms with Crippen molar-refractivity contribution >= 4 is 35.1 Å². The third-order valence-corrected chi connectivity index (χ3v) is 6.72. The Hall–Kier alpha value is -2.68. The molecule has 31 heavy (non-hydrogen) atoms. The number of cyclic esters (lactones) is 1. The molecule has 162 valence electrons. The van der Waals surface area contributed by atoms with E-state index < -0.39 is 41.5 Å². The number of nitrogens with zero attached hydrogens (tertiary/aromatic N) is 2. The van der Waals surface area contributed by atoms with Crippen LogP contribution in [0.2, 0.25) is 5.02 Å². The van der Waals surface area contributed by atoms with Gasteiger partial charge >= 0.3 is 5.97 Å². The Morgan fingerprint density at radius 3 is 2.74 bits per heavy atom. The molecule has 5 rings (SSSR count). The topological polar surface area (TPSA) is 96.4 Å². The number of hydrogen-bond acceptors (Lipinski definition) is 6. The van der Waals surface area contributed by atoms with Crippen LogP contribution < -0.4 is 4.90 Å². The van der Waals surface area contributed by atoms with E-state index >= 15 is 0 Å². The Kier molecular flexibility index (Phi) is 4.88. The van der Waals surface area contributed by atoms with E-state index in [2.05, 4.69) is 0 Å². The minimum Gasteiger partial charge on any atom is -0.461 e. The molecule has 4 aliphatic heterocycles. The van der Waals surface area contributed by atoms with Gasteiger partial charge in [-0.3, -0.25) is 14.4 Å². The molecule has 2 fully saturated rings. The first-order valence-electron chi connectivity index (χ1n) is 10.2. The summed E-state index contributed by atoms with van der Waals surface area (Å²) in [5.74, 6) is -3.09. The van der Waals surface area contributed by atoms with Crippen molar-refractivity contribution in [3.63, 3.8) is 0 Å². The molecular weight excluding hydrogens is 424 g/mol. The number of aliphatic hydroxyl groups is 1. The van der Waals surface area contributed by atoms with Crippen LogP contribution in [0.3, 0.4) is 0 Å². The molecule has 8 nitrogen and oxygen atoms in total. The van der Waals surface area contributed by atoms with Gasteiger partial charge in [-0.05, 0) is 18.2 Å². The number of β-amino-alcohol motifs (C(OH)–C–C–N with tert-alkyl or cyclic N) is 1. The maximum atomic E-state index is 13.8. The highest BCUT2D eigenvalue weighted by atomic mass is 35.5. The average molecular weight is 445 g/mol. The van der Waals surface area contributed by atoms with Crippen LogP contribution in [-0.2, 0) is 23.9 Å². The van der Waals surface area contributed by atoms with Crippen molar-refractivity contribution in [2.75, 3.05) is 31.2 Å². The summed E-state index contributed by atoms with van der Waals surface area (Å²) in [6, 6.07) is 5.92. The summed E-state index contributed by atoms with van der Waals surface area (Å²) in [6.45, 7) is -0.0362. The Balaban J connectivity index is 1.63. The molecule has 5 atom stereocenters. The summed E-state index contributed by atoms with van der Waals surface area (Å²) in [4.78, 5) is 42.9. The molecule has 0 saturated carbocycles. The van der Waals surface area contributed by atoms with Crippen molar-refractivity contribution in [1.82, 2.24) is 4.90 Å². The maximum absolute atomic E-state index is 13.8. The number of hydrogen-bond donors (Lipinski definition) is 1. The highest BCUT2D eigenvalue weighted by Gasteiger charge is 2.71. The van der Waals surface area contributed by atoms with Gasteiger partial charge in [0, 0.05) is 13.1 Å². The van der Waals surface area contributed by atoms with Gasteiger partial charge in [-0.15, -0.1) is 0 Å². The van der Waals surface area contributed by atoms with Crippen molar-refractivity contribution in [1.29, 1.82) is 0 Å². The van der Waals surface area contributed by atoms with Gasteiger partial charge in [0.05, 0.1) is 29.3 Å². The minimum atomic E-state index is -1.34. The van der Waals surface area contributed by atoms with Crippen LogP contribution in [-0.4, -0.2) is 71.8 Å². The number of aliphatic hydroxyl groups excluding tert-OH is 1. The first-order chi connectivity index (χ1) is 15.0. The molecule has 1 aromatic rings. The van der Waals surface area contributed by atoms with Crippen LogP contribution in [0.5, 0.6) is 0 Å². The standard InChI is InChI=1S/C22H21ClN2O6/c23-13-5-1-2-6-14(13)24-9-4-8-22-17(16-15(31-22)7-3-12-30-21(16)29)19(27)25(10-11-26)18(22)20(24)28/h1-8,15-18,26H,9-12H2/t15-,16+,17-,18?,22-/m0/s1. The number of halogens is 1. The minimum absolute atomic E-state index is 0.0523. The summed E-state index contributed by atoms with van der Waals surface area (Å²) >= 11 is 6.35. The zero-order valence-electron chi connectivity index (χ0n) is 16.5. The van der Waals surface area contributed by atoms with Crippen molar-refractivity contribution < 1.29 is 29.0 Å². The van der Waals surface area contributed by atoms with Crippen molar-refractivity contribution in [2.45, 2.75) is 17.7 Å². The van der Waals surface area contributed by atoms with Crippen LogP contribution in [0.1, 0.15) is 0 Å². The number of carbonyl (C=O) groups is 3. The Bertz CT molecular complexity index is 1010. The number of fused-ring (bicyclic) bond motifs is 2. The van der Waals surface area contributed by atoms with Gasteiger partial charge in [0.25, 0.3) is 5.91 Å². The van der Waals surface area contributed by atoms with Crippen LogP contribution in [0.25, 0.3) is 0 Å². The summed E-state index contributed by atoms with van der Waals surface area (Å²) in [5, 5.41) is 10.0. The zero-order valence-corrected chi connectivity index (χ0v) is 17.3. The third-order valence-electron chi connectivity index (χ3n) is 6.40. The van der Waals surface area contributed by atoms with Crippen molar-refractivity contribution in [3.05, 3.63) is 53.6 Å². The number of amides is 2. The second-order valence-electron chi connectivity index (χ2n) is 7.96. The third kappa shape index (κ3) is 2.86. The van der Waals surface area contributed by atoms with E-state index in [1.54, 1.807) is 48.6 Å². The molecule has 2 saturated heterocycles. The van der Waals surface area contributed by atoms with Crippen LogP contribution >= 0.6 is 11.6 Å². The van der Waals surface area contributed by atoms with E-state index in [4.69, 9.17) is 21.1 Å². The van der Waals surface area contributed by atoms with Crippen molar-refractivity contribution in [2.24, 2.45) is 11.8 Å². The number of para-hydroxylation sites is 1. The Labute approximate surface area is 183 Å². The van der Waals surface area contributed by atoms with E-state index in [1.807, 2.05) is 0 Å². The Morgan fingerprint density at radius 2 is 1.97 bits per heavy atom. The lowest BCUT2D eigenvalue weighted by Crippen LogP contribution is -2.55. The number of benzene rings is 1. The van der Waals surface area contributed by atoms with Gasteiger partial charge in [-0.25, -0.2) is 0 Å². The highest BCUT2D eigenvalue weighted by Crippen LogP contribution is 2.53. The molecule has 0 bridgehead atoms. The molecule has 0 aliphatic carbocycles. The summed E-state index contributed by atoms with van der Waals surface area (Å²) in [5.41, 5.74) is -0.822. The smallest absolute Gasteiger partial charge is 0.313 e. The number of esters is 1. The quantitative estimate of drug-likeness (QED) is 0.550. The van der Waals surface area contributed by atoms with Gasteiger partial charge in [-0.1, -0.05) is 42.0 Å². The molecule has 1 spiro atoms. The number of anilines is 1. The molecule has 2 amide bonds. The molecule has 4 heterocycles. The number of likely N-dealkylation sites (tertiary alicyclic amines) is 1. The lowest BCUT2D eigenvalue weighted by Gasteiger charge is -2.35. The van der Waals surface area contributed by atoms with E-state index in [0.717, 1.165) is 0 Å². The van der Waals surface area contributed by atoms with E-state index in [1.165, 1.54) is 9.80 Å². The van der Waals surface area contributed by atoms with Crippen molar-refractivity contribution in [3.8, 4) is 0 Å². The fraction of sp³-hybridized carbons (Fsp3) is 0.409. The predicted molar refractivity (Wildman–Crippen MR) is 110 cm³/mol.